The van der Waals surface area contributed by atoms with Crippen molar-refractivity contribution in [1.29, 1.82) is 0 Å². The van der Waals surface area contributed by atoms with Crippen LogP contribution in [0.25, 0.3) is 0 Å². The van der Waals surface area contributed by atoms with Crippen LogP contribution in [0, 0.1) is 6.92 Å². The topological polar surface area (TPSA) is 86.8 Å². The molecule has 2 amide bonds. The number of hydrogen-bond donors (Lipinski definition) is 1. The van der Waals surface area contributed by atoms with E-state index in [-0.39, 0.29) is 22.2 Å². The van der Waals surface area contributed by atoms with Crippen molar-refractivity contribution in [3.05, 3.63) is 92.9 Å². The van der Waals surface area contributed by atoms with E-state index in [2.05, 4.69) is 5.32 Å². The summed E-state index contributed by atoms with van der Waals surface area (Å²) in [6, 6.07) is 16.6. The average Bonchev–Trinajstić information content (AvgIpc) is 2.87. The molecule has 0 unspecified atom stereocenters. The Hall–Kier alpha value is -2.78. The lowest BCUT2D eigenvalue weighted by atomic mass is 10.1. The summed E-state index contributed by atoms with van der Waals surface area (Å²) in [7, 11) is -2.74. The van der Waals surface area contributed by atoms with Crippen molar-refractivity contribution in [2.24, 2.45) is 0 Å². The first-order valence-electron chi connectivity index (χ1n) is 11.2. The predicted octanol–water partition coefficient (Wildman–Crippen LogP) is 5.31. The van der Waals surface area contributed by atoms with Gasteiger partial charge in [0.25, 0.3) is 10.0 Å². The summed E-state index contributed by atoms with van der Waals surface area (Å²) in [5.41, 5.74) is 1.64. The number of nitrogens with one attached hydrogen (secondary N) is 1. The van der Waals surface area contributed by atoms with E-state index in [0.717, 1.165) is 9.87 Å². The maximum atomic E-state index is 13.7. The standard InChI is InChI=1S/C26H26Cl3N3O4S/c1-17-8-11-20(12-9-17)37(35,36)32(24-7-5-4-6-22(24)28)16-25(33)31(18(2)26(34)30-3)15-19-10-13-21(27)23(29)14-19/h4-14,18H,15-16H2,1-3H3,(H,30,34)/t18-/m1/s1. The lowest BCUT2D eigenvalue weighted by Crippen LogP contribution is -2.50. The summed E-state index contributed by atoms with van der Waals surface area (Å²) in [5.74, 6) is -1.03. The molecule has 0 bridgehead atoms. The molecule has 11 heteroatoms. The van der Waals surface area contributed by atoms with Gasteiger partial charge in [0.05, 0.1) is 25.7 Å². The number of hydrogen-bond acceptors (Lipinski definition) is 4. The fourth-order valence-corrected chi connectivity index (χ4v) is 5.67. The first-order valence-corrected chi connectivity index (χ1v) is 13.8. The van der Waals surface area contributed by atoms with Gasteiger partial charge < -0.3 is 10.2 Å². The SMILES string of the molecule is CNC(=O)[C@@H](C)N(Cc1ccc(Cl)c(Cl)c1)C(=O)CN(c1ccccc1Cl)S(=O)(=O)c1ccc(C)cc1. The minimum absolute atomic E-state index is 0.00111. The molecule has 0 heterocycles. The van der Waals surface area contributed by atoms with Crippen LogP contribution in [0.5, 0.6) is 0 Å². The van der Waals surface area contributed by atoms with E-state index in [1.54, 1.807) is 55.5 Å². The monoisotopic (exact) mass is 581 g/mol. The second-order valence-corrected chi connectivity index (χ2v) is 11.4. The fraction of sp³-hybridized carbons (Fsp3) is 0.231. The van der Waals surface area contributed by atoms with E-state index < -0.39 is 34.4 Å². The highest BCUT2D eigenvalue weighted by Crippen LogP contribution is 2.31. The summed E-state index contributed by atoms with van der Waals surface area (Å²) in [6.45, 7) is 2.79. The van der Waals surface area contributed by atoms with E-state index in [9.17, 15) is 18.0 Å². The van der Waals surface area contributed by atoms with Crippen molar-refractivity contribution in [3.8, 4) is 0 Å². The molecule has 0 radical (unpaired) electrons. The fourth-order valence-electron chi connectivity index (χ4n) is 3.63. The number of nitrogens with zero attached hydrogens (tertiary/aromatic N) is 2. The highest BCUT2D eigenvalue weighted by molar-refractivity contribution is 7.92. The van der Waals surface area contributed by atoms with Gasteiger partial charge in [0.1, 0.15) is 12.6 Å². The van der Waals surface area contributed by atoms with Gasteiger partial charge in [-0.1, -0.05) is 70.7 Å². The van der Waals surface area contributed by atoms with Crippen molar-refractivity contribution in [3.63, 3.8) is 0 Å². The van der Waals surface area contributed by atoms with Gasteiger partial charge in [-0.2, -0.15) is 0 Å². The van der Waals surface area contributed by atoms with Crippen LogP contribution in [-0.2, 0) is 26.2 Å². The Bertz CT molecular complexity index is 1400. The number of carbonyl (C=O) groups excluding carboxylic acids is 2. The van der Waals surface area contributed by atoms with E-state index in [0.29, 0.717) is 15.6 Å². The number of rotatable bonds is 9. The quantitative estimate of drug-likeness (QED) is 0.370. The van der Waals surface area contributed by atoms with Crippen LogP contribution >= 0.6 is 34.8 Å². The number of benzene rings is 3. The van der Waals surface area contributed by atoms with Crippen molar-refractivity contribution in [1.82, 2.24) is 10.2 Å². The molecule has 3 aromatic carbocycles. The average molecular weight is 583 g/mol. The number of halogens is 3. The number of aryl methyl sites for hydroxylation is 1. The zero-order valence-electron chi connectivity index (χ0n) is 20.4. The van der Waals surface area contributed by atoms with Crippen molar-refractivity contribution >= 4 is 62.3 Å². The Kier molecular flexibility index (Phi) is 9.47. The van der Waals surface area contributed by atoms with Crippen molar-refractivity contribution < 1.29 is 18.0 Å². The summed E-state index contributed by atoms with van der Waals surface area (Å²) < 4.78 is 28.4. The van der Waals surface area contributed by atoms with E-state index >= 15 is 0 Å². The number of carbonyl (C=O) groups is 2. The number of para-hydroxylation sites is 1. The molecule has 196 valence electrons. The lowest BCUT2D eigenvalue weighted by molar-refractivity contribution is -0.139. The second-order valence-electron chi connectivity index (χ2n) is 8.34. The molecule has 0 spiro atoms. The highest BCUT2D eigenvalue weighted by Gasteiger charge is 2.33. The Balaban J connectivity index is 2.05. The molecule has 0 saturated heterocycles. The lowest BCUT2D eigenvalue weighted by Gasteiger charge is -2.32. The zero-order valence-corrected chi connectivity index (χ0v) is 23.5. The van der Waals surface area contributed by atoms with Gasteiger partial charge in [0.15, 0.2) is 0 Å². The van der Waals surface area contributed by atoms with Crippen LogP contribution in [0.1, 0.15) is 18.1 Å². The molecule has 1 atom stereocenters. The molecule has 0 aliphatic carbocycles. The van der Waals surface area contributed by atoms with Crippen LogP contribution in [0.3, 0.4) is 0 Å². The maximum Gasteiger partial charge on any atom is 0.264 e. The van der Waals surface area contributed by atoms with Gasteiger partial charge in [-0.05, 0) is 55.8 Å². The maximum absolute atomic E-state index is 13.7. The minimum atomic E-state index is -4.20. The number of amides is 2. The Morgan fingerprint density at radius 3 is 2.16 bits per heavy atom. The molecule has 3 rings (SSSR count). The van der Waals surface area contributed by atoms with Crippen LogP contribution in [0.15, 0.2) is 71.6 Å². The number of sulfonamides is 1. The normalized spacial score (nSPS) is 12.1. The molecule has 7 nitrogen and oxygen atoms in total. The van der Waals surface area contributed by atoms with Gasteiger partial charge in [-0.15, -0.1) is 0 Å². The third kappa shape index (κ3) is 6.76. The molecular weight excluding hydrogens is 557 g/mol. The first-order chi connectivity index (χ1) is 17.4. The molecule has 0 fully saturated rings. The second kappa shape index (κ2) is 12.2. The molecule has 0 aliphatic heterocycles. The molecular formula is C26H26Cl3N3O4S. The summed E-state index contributed by atoms with van der Waals surface area (Å²) in [5, 5.41) is 3.32. The molecule has 0 aliphatic rings. The van der Waals surface area contributed by atoms with Crippen LogP contribution in [0.4, 0.5) is 5.69 Å². The van der Waals surface area contributed by atoms with Crippen LogP contribution in [0.2, 0.25) is 15.1 Å². The minimum Gasteiger partial charge on any atom is -0.357 e. The van der Waals surface area contributed by atoms with Gasteiger partial charge >= 0.3 is 0 Å². The Morgan fingerprint density at radius 1 is 0.919 bits per heavy atom. The van der Waals surface area contributed by atoms with Crippen molar-refractivity contribution in [2.45, 2.75) is 31.3 Å². The Labute approximate surface area is 232 Å². The van der Waals surface area contributed by atoms with Gasteiger partial charge in [-0.3, -0.25) is 13.9 Å². The summed E-state index contributed by atoms with van der Waals surface area (Å²) >= 11 is 18.5. The zero-order chi connectivity index (χ0) is 27.3. The summed E-state index contributed by atoms with van der Waals surface area (Å²) in [6.07, 6.45) is 0. The van der Waals surface area contributed by atoms with Crippen LogP contribution < -0.4 is 9.62 Å². The molecule has 3 aromatic rings. The van der Waals surface area contributed by atoms with E-state index in [1.165, 1.54) is 30.1 Å². The van der Waals surface area contributed by atoms with E-state index in [4.69, 9.17) is 34.8 Å². The first kappa shape index (κ1) is 28.8. The van der Waals surface area contributed by atoms with Gasteiger partial charge in [0.2, 0.25) is 11.8 Å². The molecule has 0 aromatic heterocycles. The molecule has 37 heavy (non-hydrogen) atoms. The smallest absolute Gasteiger partial charge is 0.264 e. The van der Waals surface area contributed by atoms with Gasteiger partial charge in [-0.25, -0.2) is 8.42 Å². The number of anilines is 1. The molecule has 0 saturated carbocycles. The molecule has 1 N–H and O–H groups in total. The largest absolute Gasteiger partial charge is 0.357 e. The third-order valence-corrected chi connectivity index (χ3v) is 8.59. The third-order valence-electron chi connectivity index (χ3n) is 5.76. The van der Waals surface area contributed by atoms with Crippen molar-refractivity contribution in [2.75, 3.05) is 17.9 Å². The number of likely N-dealkylation sites (N-methyl/N-ethyl adjacent to an activating group) is 1. The Morgan fingerprint density at radius 2 is 1.57 bits per heavy atom. The van der Waals surface area contributed by atoms with Crippen LogP contribution in [-0.4, -0.2) is 44.8 Å². The predicted molar refractivity (Wildman–Crippen MR) is 148 cm³/mol. The van der Waals surface area contributed by atoms with E-state index in [1.807, 2.05) is 6.92 Å². The van der Waals surface area contributed by atoms with Gasteiger partial charge in [0, 0.05) is 13.6 Å². The highest BCUT2D eigenvalue weighted by atomic mass is 35.5. The summed E-state index contributed by atoms with van der Waals surface area (Å²) in [4.78, 5) is 27.5.